The molecular formula is C14H16BrN3O2. The Balaban J connectivity index is 2.14. The van der Waals surface area contributed by atoms with E-state index in [9.17, 15) is 4.79 Å². The Bertz CT molecular complexity index is 638. The zero-order chi connectivity index (χ0) is 14.8. The molecular weight excluding hydrogens is 322 g/mol. The Morgan fingerprint density at radius 2 is 2.10 bits per heavy atom. The first-order valence-corrected chi connectivity index (χ1v) is 6.98. The smallest absolute Gasteiger partial charge is 0.258 e. The fourth-order valence-corrected chi connectivity index (χ4v) is 2.07. The summed E-state index contributed by atoms with van der Waals surface area (Å²) in [4.78, 5) is 20.0. The van der Waals surface area contributed by atoms with Crippen LogP contribution >= 0.6 is 15.9 Å². The lowest BCUT2D eigenvalue weighted by Crippen LogP contribution is -2.43. The van der Waals surface area contributed by atoms with E-state index in [0.717, 1.165) is 15.4 Å². The molecule has 0 fully saturated rings. The largest absolute Gasteiger partial charge is 0.467 e. The number of benzene rings is 1. The van der Waals surface area contributed by atoms with Crippen molar-refractivity contribution in [3.05, 3.63) is 29.0 Å². The molecule has 0 aliphatic rings. The van der Waals surface area contributed by atoms with E-state index in [2.05, 4.69) is 31.2 Å². The first kappa shape index (κ1) is 14.7. The Kier molecular flexibility index (Phi) is 4.23. The van der Waals surface area contributed by atoms with Crippen LogP contribution in [0, 0.1) is 0 Å². The molecule has 1 aromatic carbocycles. The number of amides is 1. The van der Waals surface area contributed by atoms with Gasteiger partial charge in [-0.05, 0) is 39.0 Å². The van der Waals surface area contributed by atoms with Crippen LogP contribution in [-0.4, -0.2) is 28.0 Å². The predicted molar refractivity (Wildman–Crippen MR) is 80.6 cm³/mol. The van der Waals surface area contributed by atoms with E-state index >= 15 is 0 Å². The Morgan fingerprint density at radius 3 is 2.80 bits per heavy atom. The molecule has 1 N–H and O–H groups in total. The molecule has 1 amide bonds. The van der Waals surface area contributed by atoms with Gasteiger partial charge >= 0.3 is 0 Å². The maximum atomic E-state index is 11.7. The molecule has 0 aliphatic heterocycles. The van der Waals surface area contributed by atoms with Gasteiger partial charge in [-0.15, -0.1) is 0 Å². The van der Waals surface area contributed by atoms with Crippen molar-refractivity contribution >= 4 is 32.7 Å². The standard InChI is InChI=1S/C14H16BrN3O2/c1-14(2,3)18-12(19)7-20-13-10-6-9(15)4-5-11(10)16-8-17-13/h4-6,8H,7H2,1-3H3,(H,18,19). The van der Waals surface area contributed by atoms with Gasteiger partial charge in [0.1, 0.15) is 6.33 Å². The van der Waals surface area contributed by atoms with Crippen molar-refractivity contribution < 1.29 is 9.53 Å². The predicted octanol–water partition coefficient (Wildman–Crippen LogP) is 2.69. The number of hydrogen-bond acceptors (Lipinski definition) is 4. The topological polar surface area (TPSA) is 64.1 Å². The summed E-state index contributed by atoms with van der Waals surface area (Å²) in [6.07, 6.45) is 1.42. The van der Waals surface area contributed by atoms with Gasteiger partial charge in [0.15, 0.2) is 6.61 Å². The fourth-order valence-electron chi connectivity index (χ4n) is 1.71. The normalized spacial score (nSPS) is 11.4. The monoisotopic (exact) mass is 337 g/mol. The molecule has 0 bridgehead atoms. The minimum Gasteiger partial charge on any atom is -0.467 e. The first-order chi connectivity index (χ1) is 9.35. The zero-order valence-corrected chi connectivity index (χ0v) is 13.2. The van der Waals surface area contributed by atoms with Gasteiger partial charge in [-0.2, -0.15) is 0 Å². The number of halogens is 1. The highest BCUT2D eigenvalue weighted by molar-refractivity contribution is 9.10. The number of nitrogens with zero attached hydrogens (tertiary/aromatic N) is 2. The minimum absolute atomic E-state index is 0.0735. The summed E-state index contributed by atoms with van der Waals surface area (Å²) >= 11 is 3.40. The summed E-state index contributed by atoms with van der Waals surface area (Å²) in [5, 5.41) is 3.60. The van der Waals surface area contributed by atoms with Crippen LogP contribution in [0.25, 0.3) is 10.9 Å². The first-order valence-electron chi connectivity index (χ1n) is 6.19. The van der Waals surface area contributed by atoms with E-state index in [1.807, 2.05) is 39.0 Å². The minimum atomic E-state index is -0.281. The number of carbonyl (C=O) groups excluding carboxylic acids is 1. The van der Waals surface area contributed by atoms with Crippen molar-refractivity contribution in [1.29, 1.82) is 0 Å². The second-order valence-corrected chi connectivity index (χ2v) is 6.34. The van der Waals surface area contributed by atoms with Crippen LogP contribution in [-0.2, 0) is 4.79 Å². The summed E-state index contributed by atoms with van der Waals surface area (Å²) in [5.74, 6) is 0.222. The summed E-state index contributed by atoms with van der Waals surface area (Å²) in [5.41, 5.74) is 0.492. The van der Waals surface area contributed by atoms with Crippen molar-refractivity contribution in [1.82, 2.24) is 15.3 Å². The Morgan fingerprint density at radius 1 is 1.35 bits per heavy atom. The highest BCUT2D eigenvalue weighted by atomic mass is 79.9. The number of hydrogen-bond donors (Lipinski definition) is 1. The van der Waals surface area contributed by atoms with Crippen LogP contribution in [0.3, 0.4) is 0 Å². The molecule has 106 valence electrons. The van der Waals surface area contributed by atoms with Crippen LogP contribution < -0.4 is 10.1 Å². The lowest BCUT2D eigenvalue weighted by Gasteiger charge is -2.20. The van der Waals surface area contributed by atoms with Crippen molar-refractivity contribution in [3.63, 3.8) is 0 Å². The molecule has 0 saturated carbocycles. The van der Waals surface area contributed by atoms with E-state index in [1.165, 1.54) is 6.33 Å². The van der Waals surface area contributed by atoms with Crippen molar-refractivity contribution in [2.24, 2.45) is 0 Å². The van der Waals surface area contributed by atoms with E-state index in [1.54, 1.807) is 0 Å². The molecule has 2 rings (SSSR count). The van der Waals surface area contributed by atoms with Gasteiger partial charge in [-0.1, -0.05) is 15.9 Å². The molecule has 0 atom stereocenters. The molecule has 0 radical (unpaired) electrons. The third kappa shape index (κ3) is 3.90. The molecule has 1 heterocycles. The molecule has 0 unspecified atom stereocenters. The maximum absolute atomic E-state index is 11.7. The maximum Gasteiger partial charge on any atom is 0.258 e. The molecule has 6 heteroatoms. The zero-order valence-electron chi connectivity index (χ0n) is 11.6. The van der Waals surface area contributed by atoms with Crippen molar-refractivity contribution in [2.75, 3.05) is 6.61 Å². The van der Waals surface area contributed by atoms with Gasteiger partial charge in [0.25, 0.3) is 5.91 Å². The molecule has 0 saturated heterocycles. The van der Waals surface area contributed by atoms with Crippen molar-refractivity contribution in [3.8, 4) is 5.88 Å². The van der Waals surface area contributed by atoms with Crippen LogP contribution in [0.5, 0.6) is 5.88 Å². The number of nitrogens with one attached hydrogen (secondary N) is 1. The van der Waals surface area contributed by atoms with Gasteiger partial charge in [0.05, 0.1) is 10.9 Å². The average Bonchev–Trinajstić information content (AvgIpc) is 2.34. The number of rotatable bonds is 3. The van der Waals surface area contributed by atoms with Crippen LogP contribution in [0.4, 0.5) is 0 Å². The molecule has 0 aliphatic carbocycles. The number of ether oxygens (including phenoxy) is 1. The Labute approximate surface area is 125 Å². The van der Waals surface area contributed by atoms with Crippen LogP contribution in [0.15, 0.2) is 29.0 Å². The quantitative estimate of drug-likeness (QED) is 0.935. The summed E-state index contributed by atoms with van der Waals surface area (Å²) in [7, 11) is 0. The second-order valence-electron chi connectivity index (χ2n) is 5.43. The number of aromatic nitrogens is 2. The van der Waals surface area contributed by atoms with Gasteiger partial charge in [-0.3, -0.25) is 4.79 Å². The third-order valence-electron chi connectivity index (χ3n) is 2.42. The van der Waals surface area contributed by atoms with Crippen LogP contribution in [0.1, 0.15) is 20.8 Å². The lowest BCUT2D eigenvalue weighted by atomic mass is 10.1. The van der Waals surface area contributed by atoms with E-state index in [-0.39, 0.29) is 18.1 Å². The van der Waals surface area contributed by atoms with E-state index < -0.39 is 0 Å². The highest BCUT2D eigenvalue weighted by Gasteiger charge is 2.15. The SMILES string of the molecule is CC(C)(C)NC(=O)COc1ncnc2ccc(Br)cc12. The third-order valence-corrected chi connectivity index (χ3v) is 2.91. The van der Waals surface area contributed by atoms with Gasteiger partial charge < -0.3 is 10.1 Å². The summed E-state index contributed by atoms with van der Waals surface area (Å²) in [6.45, 7) is 5.68. The van der Waals surface area contributed by atoms with Gasteiger partial charge in [-0.25, -0.2) is 9.97 Å². The molecule has 2 aromatic rings. The van der Waals surface area contributed by atoms with Gasteiger partial charge in [0, 0.05) is 10.0 Å². The number of fused-ring (bicyclic) bond motifs is 1. The molecule has 5 nitrogen and oxygen atoms in total. The molecule has 1 aromatic heterocycles. The summed E-state index contributed by atoms with van der Waals surface area (Å²) in [6, 6.07) is 5.63. The van der Waals surface area contributed by atoms with E-state index in [0.29, 0.717) is 5.88 Å². The average molecular weight is 338 g/mol. The summed E-state index contributed by atoms with van der Waals surface area (Å²) < 4.78 is 6.40. The number of carbonyl (C=O) groups is 1. The fraction of sp³-hybridized carbons (Fsp3) is 0.357. The molecule has 20 heavy (non-hydrogen) atoms. The Hall–Kier alpha value is -1.69. The van der Waals surface area contributed by atoms with E-state index in [4.69, 9.17) is 4.74 Å². The van der Waals surface area contributed by atoms with Crippen LogP contribution in [0.2, 0.25) is 0 Å². The highest BCUT2D eigenvalue weighted by Crippen LogP contribution is 2.24. The molecule has 0 spiro atoms. The second kappa shape index (κ2) is 5.75. The van der Waals surface area contributed by atoms with Crippen molar-refractivity contribution in [2.45, 2.75) is 26.3 Å². The lowest BCUT2D eigenvalue weighted by molar-refractivity contribution is -0.124. The van der Waals surface area contributed by atoms with Gasteiger partial charge in [0.2, 0.25) is 5.88 Å².